The predicted octanol–water partition coefficient (Wildman–Crippen LogP) is 11.2. The maximum Gasteiger partial charge on any atom is 0.345 e. The van der Waals surface area contributed by atoms with Gasteiger partial charge >= 0.3 is 5.97 Å². The van der Waals surface area contributed by atoms with Crippen molar-refractivity contribution in [3.8, 4) is 0 Å². The molecule has 3 aromatic carbocycles. The summed E-state index contributed by atoms with van der Waals surface area (Å²) < 4.78 is 5.35. The number of carbonyl (C=O) groups is 3. The molecule has 11 heteroatoms. The lowest BCUT2D eigenvalue weighted by atomic mass is 9.79. The Hall–Kier alpha value is -3.42. The fourth-order valence-corrected chi connectivity index (χ4v) is 7.06. The molecule has 0 bridgehead atoms. The van der Waals surface area contributed by atoms with Crippen LogP contribution in [0.15, 0.2) is 89.8 Å². The number of hydrogen-bond acceptors (Lipinski definition) is 11. The van der Waals surface area contributed by atoms with E-state index in [9.17, 15) is 19.5 Å². The number of ether oxygens (including phenoxy) is 1. The van der Waals surface area contributed by atoms with Crippen LogP contribution in [0.4, 0.5) is 0 Å². The molecule has 1 atom stereocenters. The lowest BCUT2D eigenvalue weighted by Crippen LogP contribution is -2.54. The first-order chi connectivity index (χ1) is 28.3. The van der Waals surface area contributed by atoms with Crippen molar-refractivity contribution in [3.05, 3.63) is 102 Å². The molecule has 334 valence electrons. The summed E-state index contributed by atoms with van der Waals surface area (Å²) in [5, 5.41) is 18.8. The minimum Gasteiger partial charge on any atom is -0.382 e. The fraction of sp³-hybridized carbons (Fsp3) is 0.571. The SMILES string of the molecule is CC(C)(OO)c1ccccc1.CCCCC(CC)C(=O)OOC(C)(C)C.CSc1ccc(C(=O)C(C)(C)N2CCOCC2)cc1.O=C(c1ccccc1)C1(O)CCCCC1. The number of aliphatic hydroxyl groups is 1. The highest BCUT2D eigenvalue weighted by atomic mass is 32.2. The summed E-state index contributed by atoms with van der Waals surface area (Å²) in [5.41, 5.74) is -0.233. The van der Waals surface area contributed by atoms with E-state index < -0.39 is 22.3 Å². The van der Waals surface area contributed by atoms with E-state index in [1.54, 1.807) is 23.9 Å². The van der Waals surface area contributed by atoms with Crippen molar-refractivity contribution in [2.45, 2.75) is 147 Å². The van der Waals surface area contributed by atoms with Crippen LogP contribution in [-0.2, 0) is 29.8 Å². The van der Waals surface area contributed by atoms with Crippen molar-refractivity contribution >= 4 is 29.3 Å². The molecule has 1 aliphatic heterocycles. The molecule has 1 aliphatic carbocycles. The molecule has 1 heterocycles. The van der Waals surface area contributed by atoms with Crippen molar-refractivity contribution in [2.24, 2.45) is 5.92 Å². The molecule has 2 aliphatic rings. The topological polar surface area (TPSA) is 132 Å². The van der Waals surface area contributed by atoms with Crippen LogP contribution in [0.5, 0.6) is 0 Å². The fourth-order valence-electron chi connectivity index (χ4n) is 6.65. The molecule has 2 fully saturated rings. The largest absolute Gasteiger partial charge is 0.382 e. The third-order valence-corrected chi connectivity index (χ3v) is 11.4. The maximum absolute atomic E-state index is 12.7. The van der Waals surface area contributed by atoms with Gasteiger partial charge in [0, 0.05) is 29.1 Å². The second-order valence-electron chi connectivity index (χ2n) is 17.3. The van der Waals surface area contributed by atoms with E-state index in [1.165, 1.54) is 4.90 Å². The minimum atomic E-state index is -1.10. The monoisotopic (exact) mass is 852 g/mol. The van der Waals surface area contributed by atoms with E-state index in [2.05, 4.69) is 16.7 Å². The van der Waals surface area contributed by atoms with Crippen molar-refractivity contribution in [1.82, 2.24) is 4.90 Å². The number of carbonyl (C=O) groups excluding carboxylic acids is 3. The quantitative estimate of drug-likeness (QED) is 0.0695. The van der Waals surface area contributed by atoms with Crippen LogP contribution in [-0.4, -0.2) is 82.1 Å². The molecule has 0 spiro atoms. The summed E-state index contributed by atoms with van der Waals surface area (Å²) >= 11 is 1.69. The molecule has 0 amide bonds. The van der Waals surface area contributed by atoms with Crippen LogP contribution in [0.3, 0.4) is 0 Å². The molecule has 1 saturated carbocycles. The average Bonchev–Trinajstić information content (AvgIpc) is 3.27. The minimum absolute atomic E-state index is 0.0210. The highest BCUT2D eigenvalue weighted by Crippen LogP contribution is 2.31. The molecule has 2 N–H and O–H groups in total. The third kappa shape index (κ3) is 17.9. The Morgan fingerprint density at radius 3 is 1.83 bits per heavy atom. The number of thioether (sulfide) groups is 1. The number of hydrogen-bond donors (Lipinski definition) is 2. The van der Waals surface area contributed by atoms with Gasteiger partial charge in [0.25, 0.3) is 0 Å². The van der Waals surface area contributed by atoms with Crippen LogP contribution < -0.4 is 0 Å². The Morgan fingerprint density at radius 2 is 1.35 bits per heavy atom. The van der Waals surface area contributed by atoms with Gasteiger partial charge in [-0.05, 0) is 98.1 Å². The van der Waals surface area contributed by atoms with Gasteiger partial charge in [-0.25, -0.2) is 9.68 Å². The molecule has 1 saturated heterocycles. The van der Waals surface area contributed by atoms with E-state index in [-0.39, 0.29) is 23.5 Å². The lowest BCUT2D eigenvalue weighted by Gasteiger charge is -2.39. The van der Waals surface area contributed by atoms with Crippen LogP contribution in [0.25, 0.3) is 0 Å². The van der Waals surface area contributed by atoms with Gasteiger partial charge < -0.3 is 9.84 Å². The zero-order chi connectivity index (χ0) is 44.8. The van der Waals surface area contributed by atoms with Crippen LogP contribution >= 0.6 is 11.8 Å². The molecule has 0 radical (unpaired) electrons. The second kappa shape index (κ2) is 26.1. The second-order valence-corrected chi connectivity index (χ2v) is 18.2. The Labute approximate surface area is 364 Å². The summed E-state index contributed by atoms with van der Waals surface area (Å²) in [7, 11) is 0. The van der Waals surface area contributed by atoms with E-state index >= 15 is 0 Å². The van der Waals surface area contributed by atoms with Gasteiger partial charge in [-0.2, -0.15) is 4.89 Å². The number of unbranched alkanes of at least 4 members (excludes halogenated alkanes) is 1. The first-order valence-electron chi connectivity index (χ1n) is 21.5. The van der Waals surface area contributed by atoms with Gasteiger partial charge in [0.05, 0.1) is 24.7 Å². The number of benzene rings is 3. The Bertz CT molecular complexity index is 1660. The predicted molar refractivity (Wildman–Crippen MR) is 241 cm³/mol. The summed E-state index contributed by atoms with van der Waals surface area (Å²) in [6, 6.07) is 26.5. The molecule has 0 aromatic heterocycles. The van der Waals surface area contributed by atoms with Gasteiger partial charge in [-0.1, -0.05) is 119 Å². The molecule has 3 aromatic rings. The number of ketones is 2. The van der Waals surface area contributed by atoms with E-state index in [4.69, 9.17) is 19.8 Å². The highest BCUT2D eigenvalue weighted by molar-refractivity contribution is 7.98. The first-order valence-corrected chi connectivity index (χ1v) is 22.7. The standard InChI is InChI=1S/C15H21NO2S.C13H16O2.C12H24O3.C9H12O2/c1-15(2,16-8-10-18-11-9-16)14(17)12-4-6-13(19-3)7-5-12;14-12(11-7-3-1-4-8-11)13(15)9-5-2-6-10-13;1-6-8-9-10(7-2)11(13)14-15-12(3,4)5;1-9(2,11-10)8-6-4-3-5-7-8/h4-7H,8-11H2,1-3H3;1,3-4,7-8,15H,2,5-6,9-10H2;10H,6-9H2,1-5H3;3-7,10H,1-2H3. The smallest absolute Gasteiger partial charge is 0.345 e. The van der Waals surface area contributed by atoms with Gasteiger partial charge in [-0.3, -0.25) is 24.6 Å². The van der Waals surface area contributed by atoms with E-state index in [0.29, 0.717) is 31.6 Å². The maximum atomic E-state index is 12.7. The third-order valence-electron chi connectivity index (χ3n) is 10.7. The lowest BCUT2D eigenvalue weighted by molar-refractivity contribution is -0.323. The summed E-state index contributed by atoms with van der Waals surface area (Å²) in [6.07, 6.45) is 10.2. The van der Waals surface area contributed by atoms with Crippen LogP contribution in [0.2, 0.25) is 0 Å². The van der Waals surface area contributed by atoms with E-state index in [1.807, 2.05) is 134 Å². The Morgan fingerprint density at radius 1 is 0.800 bits per heavy atom. The molecular weight excluding hydrogens is 779 g/mol. The molecule has 10 nitrogen and oxygen atoms in total. The van der Waals surface area contributed by atoms with Gasteiger partial charge in [0.15, 0.2) is 11.6 Å². The number of morpholine rings is 1. The molecule has 5 rings (SSSR count). The number of nitrogens with zero attached hydrogens (tertiary/aromatic N) is 1. The van der Waals surface area contributed by atoms with Crippen molar-refractivity contribution in [1.29, 1.82) is 0 Å². The van der Waals surface area contributed by atoms with E-state index in [0.717, 1.165) is 69.2 Å². The highest BCUT2D eigenvalue weighted by Gasteiger charge is 2.38. The van der Waals surface area contributed by atoms with Gasteiger partial charge in [0.1, 0.15) is 16.8 Å². The number of rotatable bonds is 14. The average molecular weight is 852 g/mol. The number of Topliss-reactive ketones (excluding diaryl/α,β-unsaturated/α-hetero) is 2. The Balaban J connectivity index is 0.000000280. The van der Waals surface area contributed by atoms with Crippen molar-refractivity contribution in [2.75, 3.05) is 32.6 Å². The van der Waals surface area contributed by atoms with Crippen molar-refractivity contribution < 1.29 is 44.1 Å². The summed E-state index contributed by atoms with van der Waals surface area (Å²) in [6.45, 7) is 20.4. The summed E-state index contributed by atoms with van der Waals surface area (Å²) in [4.78, 5) is 53.9. The van der Waals surface area contributed by atoms with Gasteiger partial charge in [-0.15, -0.1) is 11.8 Å². The van der Waals surface area contributed by atoms with Crippen LogP contribution in [0, 0.1) is 5.92 Å². The normalized spacial score (nSPS) is 16.0. The van der Waals surface area contributed by atoms with Gasteiger partial charge in [0.2, 0.25) is 0 Å². The Kier molecular flexibility index (Phi) is 23.0. The summed E-state index contributed by atoms with van der Waals surface area (Å²) in [5.74, 6) is -0.182. The molecular formula is C49H73NO9S. The zero-order valence-corrected chi connectivity index (χ0v) is 38.8. The molecule has 60 heavy (non-hydrogen) atoms. The van der Waals surface area contributed by atoms with Crippen LogP contribution in [0.1, 0.15) is 146 Å². The van der Waals surface area contributed by atoms with Crippen molar-refractivity contribution in [3.63, 3.8) is 0 Å². The molecule has 1 unspecified atom stereocenters. The zero-order valence-electron chi connectivity index (χ0n) is 38.0. The first kappa shape index (κ1) is 52.7.